The molecule has 1 fully saturated rings. The van der Waals surface area contributed by atoms with Crippen molar-refractivity contribution >= 4 is 40.7 Å². The third-order valence-electron chi connectivity index (χ3n) is 5.88. The number of nitrogens with zero attached hydrogens (tertiary/aromatic N) is 4. The third kappa shape index (κ3) is 5.12. The quantitative estimate of drug-likeness (QED) is 0.475. The maximum atomic E-state index is 13.0. The van der Waals surface area contributed by atoms with E-state index in [0.29, 0.717) is 40.3 Å². The van der Waals surface area contributed by atoms with Crippen LogP contribution in [-0.2, 0) is 13.1 Å². The molecule has 1 aliphatic rings. The van der Waals surface area contributed by atoms with Crippen LogP contribution in [0.1, 0.15) is 32.9 Å². The SMILES string of the molecule is Cc1nn(Cc2ccc(C(=O)N3CCN(Cc4ccc(Cl)c(Cl)c4)CC3)cc2)c(C)c1Cl. The third-order valence-corrected chi connectivity index (χ3v) is 7.16. The highest BCUT2D eigenvalue weighted by Gasteiger charge is 2.22. The molecule has 2 aromatic carbocycles. The van der Waals surface area contributed by atoms with Crippen molar-refractivity contribution in [1.82, 2.24) is 19.6 Å². The Morgan fingerprint density at radius 3 is 2.12 bits per heavy atom. The molecular formula is C24H25Cl3N4O. The molecule has 3 aromatic rings. The van der Waals surface area contributed by atoms with Crippen LogP contribution in [0.15, 0.2) is 42.5 Å². The summed E-state index contributed by atoms with van der Waals surface area (Å²) in [5, 5.41) is 6.31. The van der Waals surface area contributed by atoms with Crippen LogP contribution in [0, 0.1) is 13.8 Å². The van der Waals surface area contributed by atoms with Gasteiger partial charge in [0.2, 0.25) is 0 Å². The Labute approximate surface area is 203 Å². The minimum atomic E-state index is 0.0693. The van der Waals surface area contributed by atoms with Gasteiger partial charge in [0, 0.05) is 38.3 Å². The number of aryl methyl sites for hydroxylation is 1. The van der Waals surface area contributed by atoms with E-state index < -0.39 is 0 Å². The summed E-state index contributed by atoms with van der Waals surface area (Å²) < 4.78 is 1.89. The molecule has 0 radical (unpaired) electrons. The molecule has 4 rings (SSSR count). The fourth-order valence-electron chi connectivity index (χ4n) is 3.94. The summed E-state index contributed by atoms with van der Waals surface area (Å²) in [7, 11) is 0. The largest absolute Gasteiger partial charge is 0.336 e. The highest BCUT2D eigenvalue weighted by atomic mass is 35.5. The zero-order valence-corrected chi connectivity index (χ0v) is 20.4. The van der Waals surface area contributed by atoms with Gasteiger partial charge in [-0.05, 0) is 49.2 Å². The summed E-state index contributed by atoms with van der Waals surface area (Å²) >= 11 is 18.4. The molecule has 1 amide bonds. The lowest BCUT2D eigenvalue weighted by atomic mass is 10.1. The van der Waals surface area contributed by atoms with E-state index in [9.17, 15) is 4.79 Å². The highest BCUT2D eigenvalue weighted by Crippen LogP contribution is 2.24. The van der Waals surface area contributed by atoms with Crippen molar-refractivity contribution in [2.75, 3.05) is 26.2 Å². The summed E-state index contributed by atoms with van der Waals surface area (Å²) in [6, 6.07) is 13.5. The number of amides is 1. The molecule has 0 N–H and O–H groups in total. The zero-order chi connectivity index (χ0) is 22.8. The van der Waals surface area contributed by atoms with Crippen molar-refractivity contribution in [2.45, 2.75) is 26.9 Å². The molecule has 32 heavy (non-hydrogen) atoms. The second-order valence-electron chi connectivity index (χ2n) is 8.16. The van der Waals surface area contributed by atoms with Crippen LogP contribution in [0.25, 0.3) is 0 Å². The number of carbonyl (C=O) groups excluding carboxylic acids is 1. The lowest BCUT2D eigenvalue weighted by molar-refractivity contribution is 0.0628. The molecule has 1 saturated heterocycles. The lowest BCUT2D eigenvalue weighted by Gasteiger charge is -2.34. The van der Waals surface area contributed by atoms with Gasteiger partial charge in [-0.2, -0.15) is 5.10 Å². The topological polar surface area (TPSA) is 41.4 Å². The van der Waals surface area contributed by atoms with Gasteiger partial charge in [-0.1, -0.05) is 53.0 Å². The molecule has 5 nitrogen and oxygen atoms in total. The van der Waals surface area contributed by atoms with Crippen LogP contribution >= 0.6 is 34.8 Å². The van der Waals surface area contributed by atoms with E-state index in [-0.39, 0.29) is 5.91 Å². The van der Waals surface area contributed by atoms with Crippen molar-refractivity contribution in [1.29, 1.82) is 0 Å². The number of hydrogen-bond acceptors (Lipinski definition) is 3. The first-order chi connectivity index (χ1) is 15.3. The number of aromatic nitrogens is 2. The van der Waals surface area contributed by atoms with E-state index in [2.05, 4.69) is 10.00 Å². The molecule has 2 heterocycles. The summed E-state index contributed by atoms with van der Waals surface area (Å²) in [4.78, 5) is 17.2. The van der Waals surface area contributed by atoms with Crippen molar-refractivity contribution < 1.29 is 4.79 Å². The number of rotatable bonds is 5. The fourth-order valence-corrected chi connectivity index (χ4v) is 4.40. The van der Waals surface area contributed by atoms with Crippen molar-refractivity contribution in [3.63, 3.8) is 0 Å². The Morgan fingerprint density at radius 1 is 0.875 bits per heavy atom. The monoisotopic (exact) mass is 490 g/mol. The number of benzene rings is 2. The van der Waals surface area contributed by atoms with Gasteiger partial charge < -0.3 is 4.90 Å². The molecule has 8 heteroatoms. The fraction of sp³-hybridized carbons (Fsp3) is 0.333. The smallest absolute Gasteiger partial charge is 0.253 e. The molecule has 1 aromatic heterocycles. The number of hydrogen-bond donors (Lipinski definition) is 0. The van der Waals surface area contributed by atoms with Gasteiger partial charge in [-0.25, -0.2) is 0 Å². The molecule has 1 aliphatic heterocycles. The molecule has 0 bridgehead atoms. The molecule has 0 aliphatic carbocycles. The molecular weight excluding hydrogens is 467 g/mol. The normalized spacial score (nSPS) is 14.7. The number of carbonyl (C=O) groups is 1. The van der Waals surface area contributed by atoms with Crippen LogP contribution in [0.3, 0.4) is 0 Å². The number of halogens is 3. The Morgan fingerprint density at radius 2 is 1.53 bits per heavy atom. The van der Waals surface area contributed by atoms with E-state index in [1.807, 2.05) is 65.9 Å². The summed E-state index contributed by atoms with van der Waals surface area (Å²) in [6.07, 6.45) is 0. The summed E-state index contributed by atoms with van der Waals surface area (Å²) in [5.41, 5.74) is 4.68. The van der Waals surface area contributed by atoms with E-state index in [1.165, 1.54) is 0 Å². The molecule has 0 saturated carbocycles. The average molecular weight is 492 g/mol. The van der Waals surface area contributed by atoms with Crippen LogP contribution in [0.5, 0.6) is 0 Å². The first kappa shape index (κ1) is 23.1. The predicted molar refractivity (Wildman–Crippen MR) is 130 cm³/mol. The minimum Gasteiger partial charge on any atom is -0.336 e. The van der Waals surface area contributed by atoms with Crippen LogP contribution < -0.4 is 0 Å². The van der Waals surface area contributed by atoms with Gasteiger partial charge in [-0.15, -0.1) is 0 Å². The van der Waals surface area contributed by atoms with Crippen molar-refractivity contribution in [2.24, 2.45) is 0 Å². The minimum absolute atomic E-state index is 0.0693. The standard InChI is InChI=1S/C24H25Cl3N4O/c1-16-23(27)17(2)31(28-16)15-18-3-6-20(7-4-18)24(32)30-11-9-29(10-12-30)14-19-5-8-21(25)22(26)13-19/h3-8,13H,9-12,14-15H2,1-2H3. The Kier molecular flexibility index (Phi) is 7.11. The van der Waals surface area contributed by atoms with Crippen molar-refractivity contribution in [3.8, 4) is 0 Å². The van der Waals surface area contributed by atoms with Crippen LogP contribution in [0.4, 0.5) is 0 Å². The second kappa shape index (κ2) is 9.84. The Bertz CT molecular complexity index is 1120. The molecule has 0 unspecified atom stereocenters. The maximum Gasteiger partial charge on any atom is 0.253 e. The first-order valence-corrected chi connectivity index (χ1v) is 11.7. The van der Waals surface area contributed by atoms with Gasteiger partial charge in [0.25, 0.3) is 5.91 Å². The van der Waals surface area contributed by atoms with Crippen LogP contribution in [-0.4, -0.2) is 51.7 Å². The Hall–Kier alpha value is -2.05. The summed E-state index contributed by atoms with van der Waals surface area (Å²) in [5.74, 6) is 0.0693. The van der Waals surface area contributed by atoms with E-state index >= 15 is 0 Å². The van der Waals surface area contributed by atoms with Crippen LogP contribution in [0.2, 0.25) is 15.1 Å². The zero-order valence-electron chi connectivity index (χ0n) is 18.1. The number of piperazine rings is 1. The predicted octanol–water partition coefficient (Wildman–Crippen LogP) is 5.47. The lowest BCUT2D eigenvalue weighted by Crippen LogP contribution is -2.48. The Balaban J connectivity index is 1.32. The van der Waals surface area contributed by atoms with E-state index in [1.54, 1.807) is 0 Å². The molecule has 0 atom stereocenters. The second-order valence-corrected chi connectivity index (χ2v) is 9.35. The highest BCUT2D eigenvalue weighted by molar-refractivity contribution is 6.42. The first-order valence-electron chi connectivity index (χ1n) is 10.6. The van der Waals surface area contributed by atoms with Gasteiger partial charge in [-0.3, -0.25) is 14.4 Å². The molecule has 168 valence electrons. The van der Waals surface area contributed by atoms with Gasteiger partial charge >= 0.3 is 0 Å². The molecule has 0 spiro atoms. The summed E-state index contributed by atoms with van der Waals surface area (Å²) in [6.45, 7) is 8.33. The maximum absolute atomic E-state index is 13.0. The van der Waals surface area contributed by atoms with Crippen molar-refractivity contribution in [3.05, 3.63) is 85.6 Å². The average Bonchev–Trinajstić information content (AvgIpc) is 3.03. The van der Waals surface area contributed by atoms with E-state index in [0.717, 1.165) is 42.1 Å². The van der Waals surface area contributed by atoms with Gasteiger partial charge in [0.05, 0.1) is 33.0 Å². The van der Waals surface area contributed by atoms with E-state index in [4.69, 9.17) is 34.8 Å². The van der Waals surface area contributed by atoms with Gasteiger partial charge in [0.1, 0.15) is 0 Å². The van der Waals surface area contributed by atoms with Gasteiger partial charge in [0.15, 0.2) is 0 Å².